The maximum Gasteiger partial charge on any atom is 0.325 e. The number of aromatic nitrogens is 3. The Balaban J connectivity index is 1.61. The van der Waals surface area contributed by atoms with Crippen molar-refractivity contribution in [3.63, 3.8) is 0 Å². The Morgan fingerprint density at radius 1 is 1.18 bits per heavy atom. The number of nitrogens with one attached hydrogen (secondary N) is 1. The third-order valence-corrected chi connectivity index (χ3v) is 5.85. The summed E-state index contributed by atoms with van der Waals surface area (Å²) in [5.41, 5.74) is 1.27. The zero-order chi connectivity index (χ0) is 23.7. The van der Waals surface area contributed by atoms with Gasteiger partial charge in [-0.1, -0.05) is 34.8 Å². The number of ether oxygens (including phenoxy) is 1. The minimum Gasteiger partial charge on any atom is -0.465 e. The fraction of sp³-hybridized carbons (Fsp3) is 0.286. The molecule has 33 heavy (non-hydrogen) atoms. The molecule has 2 aromatic heterocycles. The van der Waals surface area contributed by atoms with Crippen LogP contribution in [0.1, 0.15) is 23.1 Å². The number of hydrogen-bond donors (Lipinski definition) is 1. The van der Waals surface area contributed by atoms with E-state index in [1.54, 1.807) is 19.1 Å². The van der Waals surface area contributed by atoms with E-state index in [1.165, 1.54) is 28.0 Å². The molecule has 1 fully saturated rings. The molecular weight excluding hydrogens is 493 g/mol. The second kappa shape index (κ2) is 9.54. The largest absolute Gasteiger partial charge is 0.465 e. The number of carbonyl (C=O) groups is 3. The molecule has 1 N–H and O–H groups in total. The lowest BCUT2D eigenvalue weighted by Gasteiger charge is -2.21. The molecule has 1 aliphatic rings. The first kappa shape index (κ1) is 23.3. The maximum absolute atomic E-state index is 13.3. The fourth-order valence-electron chi connectivity index (χ4n) is 3.62. The van der Waals surface area contributed by atoms with Crippen LogP contribution in [-0.4, -0.2) is 68.3 Å². The summed E-state index contributed by atoms with van der Waals surface area (Å²) in [7, 11) is 0. The van der Waals surface area contributed by atoms with E-state index >= 15 is 0 Å². The number of nitrogens with zero attached hydrogens (tertiary/aromatic N) is 4. The van der Waals surface area contributed by atoms with Gasteiger partial charge in [0.15, 0.2) is 11.4 Å². The van der Waals surface area contributed by atoms with Crippen molar-refractivity contribution in [1.82, 2.24) is 24.8 Å². The highest BCUT2D eigenvalue weighted by Gasteiger charge is 2.43. The number of hydrogen-bond acceptors (Lipinski definition) is 6. The number of pyridine rings is 1. The van der Waals surface area contributed by atoms with E-state index in [9.17, 15) is 14.4 Å². The van der Waals surface area contributed by atoms with Crippen molar-refractivity contribution in [2.24, 2.45) is 0 Å². The van der Waals surface area contributed by atoms with Gasteiger partial charge >= 0.3 is 12.0 Å². The zero-order valence-electron chi connectivity index (χ0n) is 17.3. The van der Waals surface area contributed by atoms with Gasteiger partial charge in [-0.2, -0.15) is 0 Å². The van der Waals surface area contributed by atoms with Gasteiger partial charge in [0.1, 0.15) is 23.6 Å². The van der Waals surface area contributed by atoms with E-state index in [4.69, 9.17) is 39.5 Å². The number of rotatable bonds is 7. The SMILES string of the molecule is CCOC(=O)CN1C(=O)N(Cc2nc3nc(Cl)ccc3[nH]2)CC1C(=O)c1ccc(Cl)cc1Cl. The van der Waals surface area contributed by atoms with Gasteiger partial charge in [-0.3, -0.25) is 9.59 Å². The lowest BCUT2D eigenvalue weighted by molar-refractivity contribution is -0.143. The summed E-state index contributed by atoms with van der Waals surface area (Å²) in [5, 5.41) is 0.835. The van der Waals surface area contributed by atoms with Gasteiger partial charge in [-0.05, 0) is 37.3 Å². The predicted molar refractivity (Wildman–Crippen MR) is 123 cm³/mol. The van der Waals surface area contributed by atoms with Crippen molar-refractivity contribution in [2.75, 3.05) is 19.7 Å². The number of urea groups is 1. The number of carbonyl (C=O) groups excluding carboxylic acids is 3. The van der Waals surface area contributed by atoms with Crippen molar-refractivity contribution in [1.29, 1.82) is 0 Å². The van der Waals surface area contributed by atoms with Crippen molar-refractivity contribution in [3.05, 3.63) is 56.9 Å². The maximum atomic E-state index is 13.3. The molecule has 0 aliphatic carbocycles. The van der Waals surface area contributed by atoms with Crippen LogP contribution < -0.4 is 0 Å². The second-order valence-electron chi connectivity index (χ2n) is 7.29. The van der Waals surface area contributed by atoms with E-state index in [2.05, 4.69) is 15.0 Å². The predicted octanol–water partition coefficient (Wildman–Crippen LogP) is 3.97. The molecule has 12 heteroatoms. The molecule has 9 nitrogen and oxygen atoms in total. The smallest absolute Gasteiger partial charge is 0.325 e. The number of benzene rings is 1. The lowest BCUT2D eigenvalue weighted by Crippen LogP contribution is -2.43. The summed E-state index contributed by atoms with van der Waals surface area (Å²) in [6, 6.07) is 6.39. The number of halogens is 3. The van der Waals surface area contributed by atoms with Crippen molar-refractivity contribution in [3.8, 4) is 0 Å². The van der Waals surface area contributed by atoms with Gasteiger partial charge in [0.2, 0.25) is 0 Å². The molecule has 0 spiro atoms. The molecule has 1 unspecified atom stereocenters. The van der Waals surface area contributed by atoms with Crippen LogP contribution in [0.3, 0.4) is 0 Å². The summed E-state index contributed by atoms with van der Waals surface area (Å²) in [6.45, 7) is 1.54. The molecule has 1 aliphatic heterocycles. The molecule has 3 aromatic rings. The lowest BCUT2D eigenvalue weighted by atomic mass is 10.0. The van der Waals surface area contributed by atoms with Crippen LogP contribution >= 0.6 is 34.8 Å². The Bertz CT molecular complexity index is 1250. The topological polar surface area (TPSA) is 108 Å². The van der Waals surface area contributed by atoms with E-state index < -0.39 is 23.8 Å². The number of Topliss-reactive ketones (excluding diaryl/α,β-unsaturated/α-hetero) is 1. The van der Waals surface area contributed by atoms with E-state index in [0.717, 1.165) is 0 Å². The van der Waals surface area contributed by atoms with Crippen molar-refractivity contribution < 1.29 is 19.1 Å². The van der Waals surface area contributed by atoms with Crippen LogP contribution in [0.4, 0.5) is 4.79 Å². The fourth-order valence-corrected chi connectivity index (χ4v) is 4.27. The highest BCUT2D eigenvalue weighted by molar-refractivity contribution is 6.37. The van der Waals surface area contributed by atoms with Gasteiger partial charge < -0.3 is 19.5 Å². The molecule has 2 amide bonds. The first-order chi connectivity index (χ1) is 15.8. The average Bonchev–Trinajstić information content (AvgIpc) is 3.29. The number of amides is 2. The minimum absolute atomic E-state index is 0.0290. The summed E-state index contributed by atoms with van der Waals surface area (Å²) < 4.78 is 4.98. The quantitative estimate of drug-likeness (QED) is 0.293. The van der Waals surface area contributed by atoms with Crippen LogP contribution in [0.15, 0.2) is 30.3 Å². The molecule has 0 bridgehead atoms. The second-order valence-corrected chi connectivity index (χ2v) is 8.52. The van der Waals surface area contributed by atoms with E-state index in [0.29, 0.717) is 27.2 Å². The van der Waals surface area contributed by atoms with Gasteiger partial charge in [0.05, 0.1) is 30.2 Å². The molecule has 1 saturated heterocycles. The first-order valence-electron chi connectivity index (χ1n) is 9.98. The summed E-state index contributed by atoms with van der Waals surface area (Å²) in [4.78, 5) is 52.8. The van der Waals surface area contributed by atoms with Gasteiger partial charge in [0, 0.05) is 10.6 Å². The normalized spacial score (nSPS) is 16.0. The molecule has 0 saturated carbocycles. The van der Waals surface area contributed by atoms with E-state index in [1.807, 2.05) is 0 Å². The first-order valence-corrected chi connectivity index (χ1v) is 11.1. The average molecular weight is 511 g/mol. The van der Waals surface area contributed by atoms with Crippen molar-refractivity contribution in [2.45, 2.75) is 19.5 Å². The highest BCUT2D eigenvalue weighted by Crippen LogP contribution is 2.27. The summed E-state index contributed by atoms with van der Waals surface area (Å²) in [6.07, 6.45) is 0. The van der Waals surface area contributed by atoms with E-state index in [-0.39, 0.29) is 36.8 Å². The molecule has 0 radical (unpaired) electrons. The number of aromatic amines is 1. The highest BCUT2D eigenvalue weighted by atomic mass is 35.5. The molecule has 172 valence electrons. The van der Waals surface area contributed by atoms with Gasteiger partial charge in [0.25, 0.3) is 0 Å². The third-order valence-electron chi connectivity index (χ3n) is 5.09. The third kappa shape index (κ3) is 4.90. The Labute approximate surface area is 203 Å². The summed E-state index contributed by atoms with van der Waals surface area (Å²) >= 11 is 18.1. The molecule has 4 rings (SSSR count). The minimum atomic E-state index is -0.947. The number of H-pyrrole nitrogens is 1. The number of esters is 1. The number of fused-ring (bicyclic) bond motifs is 1. The van der Waals surface area contributed by atoms with Crippen LogP contribution in [-0.2, 0) is 16.1 Å². The van der Waals surface area contributed by atoms with Crippen LogP contribution in [0, 0.1) is 0 Å². The van der Waals surface area contributed by atoms with Crippen LogP contribution in [0.5, 0.6) is 0 Å². The Hall–Kier alpha value is -2.88. The molecular formula is C21H18Cl3N5O4. The molecule has 3 heterocycles. The monoisotopic (exact) mass is 509 g/mol. The Kier molecular flexibility index (Phi) is 6.73. The number of imidazole rings is 1. The van der Waals surface area contributed by atoms with Gasteiger partial charge in [-0.25, -0.2) is 14.8 Å². The zero-order valence-corrected chi connectivity index (χ0v) is 19.6. The standard InChI is InChI=1S/C21H18Cl3N5O4/c1-2-33-18(30)10-29-15(19(31)12-4-3-11(22)7-13(12)23)8-28(21(29)32)9-17-25-14-5-6-16(24)26-20(14)27-17/h3-7,15H,2,8-10H2,1H3,(H,25,26,27). The van der Waals surface area contributed by atoms with Crippen molar-refractivity contribution >= 4 is 63.8 Å². The Morgan fingerprint density at radius 2 is 1.97 bits per heavy atom. The summed E-state index contributed by atoms with van der Waals surface area (Å²) in [5.74, 6) is -0.563. The van der Waals surface area contributed by atoms with Gasteiger partial charge in [-0.15, -0.1) is 0 Å². The molecule has 1 atom stereocenters. The van der Waals surface area contributed by atoms with Crippen LogP contribution in [0.2, 0.25) is 15.2 Å². The van der Waals surface area contributed by atoms with Crippen LogP contribution in [0.25, 0.3) is 11.2 Å². The number of ketones is 1. The molecule has 1 aromatic carbocycles. The Morgan fingerprint density at radius 3 is 2.70 bits per heavy atom.